The molecule has 0 bridgehead atoms. The Balaban J connectivity index is 2.11. The maximum atomic E-state index is 11.5. The van der Waals surface area contributed by atoms with Crippen LogP contribution in [0.1, 0.15) is 34.4 Å². The first-order valence-electron chi connectivity index (χ1n) is 6.48. The molecule has 0 atom stereocenters. The monoisotopic (exact) mass is 271 g/mol. The average Bonchev–Trinajstić information content (AvgIpc) is 2.75. The zero-order chi connectivity index (χ0) is 14.5. The number of carbonyl (C=O) groups is 1. The molecule has 104 valence electrons. The molecule has 0 unspecified atom stereocenters. The summed E-state index contributed by atoms with van der Waals surface area (Å²) in [6.07, 6.45) is 1.76. The molecule has 0 radical (unpaired) electrons. The van der Waals surface area contributed by atoms with Crippen molar-refractivity contribution in [3.05, 3.63) is 53.0 Å². The number of nitrogens with zero attached hydrogens (tertiary/aromatic N) is 1. The zero-order valence-electron chi connectivity index (χ0n) is 11.8. The largest absolute Gasteiger partial charge is 0.466 e. The Bertz CT molecular complexity index is 624. The van der Waals surface area contributed by atoms with E-state index in [-0.39, 0.29) is 5.97 Å². The summed E-state index contributed by atoms with van der Waals surface area (Å²) in [7, 11) is 0. The van der Waals surface area contributed by atoms with Gasteiger partial charge < -0.3 is 9.15 Å². The number of hydrogen-bond donors (Lipinski definition) is 0. The third-order valence-corrected chi connectivity index (χ3v) is 2.81. The molecule has 2 rings (SSSR count). The van der Waals surface area contributed by atoms with E-state index in [1.54, 1.807) is 37.4 Å². The molecule has 0 fully saturated rings. The molecule has 0 amide bonds. The lowest BCUT2D eigenvalue weighted by Gasteiger charge is -2.01. The van der Waals surface area contributed by atoms with Gasteiger partial charge in [0.1, 0.15) is 11.5 Å². The fourth-order valence-corrected chi connectivity index (χ4v) is 1.82. The highest BCUT2D eigenvalue weighted by atomic mass is 16.5. The number of carbonyl (C=O) groups excluding carboxylic acids is 1. The number of benzene rings is 1. The second-order valence-corrected chi connectivity index (χ2v) is 4.39. The fraction of sp³-hybridized carbons (Fsp3) is 0.250. The van der Waals surface area contributed by atoms with E-state index in [0.29, 0.717) is 12.2 Å². The highest BCUT2D eigenvalue weighted by molar-refractivity contribution is 5.90. The van der Waals surface area contributed by atoms with Gasteiger partial charge in [0, 0.05) is 11.8 Å². The van der Waals surface area contributed by atoms with Crippen LogP contribution in [0.5, 0.6) is 0 Å². The van der Waals surface area contributed by atoms with Gasteiger partial charge >= 0.3 is 5.97 Å². The van der Waals surface area contributed by atoms with Gasteiger partial charge in [0.05, 0.1) is 17.9 Å². The molecule has 4 nitrogen and oxygen atoms in total. The lowest BCUT2D eigenvalue weighted by atomic mass is 10.2. The Morgan fingerprint density at radius 2 is 2.00 bits per heavy atom. The quantitative estimate of drug-likeness (QED) is 0.627. The minimum Gasteiger partial charge on any atom is -0.466 e. The molecule has 2 aromatic rings. The Morgan fingerprint density at radius 1 is 1.30 bits per heavy atom. The smallest absolute Gasteiger partial charge is 0.338 e. The number of hydrogen-bond acceptors (Lipinski definition) is 4. The van der Waals surface area contributed by atoms with Crippen LogP contribution < -0.4 is 0 Å². The van der Waals surface area contributed by atoms with Crippen LogP contribution in [0.25, 0.3) is 0 Å². The number of ether oxygens (including phenoxy) is 1. The fourth-order valence-electron chi connectivity index (χ4n) is 1.82. The number of rotatable bonds is 4. The third kappa shape index (κ3) is 3.35. The molecule has 1 heterocycles. The number of aryl methyl sites for hydroxylation is 2. The first-order valence-corrected chi connectivity index (χ1v) is 6.48. The first kappa shape index (κ1) is 14.1. The molecule has 0 spiro atoms. The van der Waals surface area contributed by atoms with Gasteiger partial charge in [-0.2, -0.15) is 0 Å². The Morgan fingerprint density at radius 3 is 2.55 bits per heavy atom. The van der Waals surface area contributed by atoms with Crippen molar-refractivity contribution in [2.75, 3.05) is 6.61 Å². The van der Waals surface area contributed by atoms with Crippen LogP contribution in [0.4, 0.5) is 5.69 Å². The van der Waals surface area contributed by atoms with E-state index in [9.17, 15) is 4.79 Å². The predicted octanol–water partition coefficient (Wildman–Crippen LogP) is 3.82. The van der Waals surface area contributed by atoms with Crippen LogP contribution >= 0.6 is 0 Å². The second kappa shape index (κ2) is 6.19. The maximum absolute atomic E-state index is 11.5. The van der Waals surface area contributed by atoms with Crippen molar-refractivity contribution in [2.24, 2.45) is 4.99 Å². The lowest BCUT2D eigenvalue weighted by molar-refractivity contribution is 0.0526. The molecule has 0 aliphatic carbocycles. The summed E-state index contributed by atoms with van der Waals surface area (Å²) in [5, 5.41) is 0. The van der Waals surface area contributed by atoms with Crippen molar-refractivity contribution in [2.45, 2.75) is 20.8 Å². The van der Waals surface area contributed by atoms with Crippen molar-refractivity contribution in [1.29, 1.82) is 0 Å². The van der Waals surface area contributed by atoms with Gasteiger partial charge in [0.25, 0.3) is 0 Å². The number of furan rings is 1. The predicted molar refractivity (Wildman–Crippen MR) is 77.8 cm³/mol. The molecule has 0 aliphatic rings. The van der Waals surface area contributed by atoms with Gasteiger partial charge in [-0.3, -0.25) is 4.99 Å². The van der Waals surface area contributed by atoms with Crippen LogP contribution in [0.3, 0.4) is 0 Å². The average molecular weight is 271 g/mol. The molecule has 20 heavy (non-hydrogen) atoms. The van der Waals surface area contributed by atoms with E-state index >= 15 is 0 Å². The van der Waals surface area contributed by atoms with Crippen molar-refractivity contribution >= 4 is 17.9 Å². The Labute approximate surface area is 118 Å². The zero-order valence-corrected chi connectivity index (χ0v) is 11.8. The summed E-state index contributed by atoms with van der Waals surface area (Å²) in [5.74, 6) is 1.39. The lowest BCUT2D eigenvalue weighted by Crippen LogP contribution is -2.03. The van der Waals surface area contributed by atoms with Crippen LogP contribution in [0, 0.1) is 13.8 Å². The van der Waals surface area contributed by atoms with Gasteiger partial charge in [-0.1, -0.05) is 0 Å². The van der Waals surface area contributed by atoms with Gasteiger partial charge in [0.15, 0.2) is 0 Å². The van der Waals surface area contributed by atoms with Crippen molar-refractivity contribution in [1.82, 2.24) is 0 Å². The molecule has 1 aromatic heterocycles. The minimum atomic E-state index is -0.315. The summed E-state index contributed by atoms with van der Waals surface area (Å²) in [5.41, 5.74) is 2.26. The van der Waals surface area contributed by atoms with E-state index in [4.69, 9.17) is 9.15 Å². The first-order chi connectivity index (χ1) is 9.60. The van der Waals surface area contributed by atoms with E-state index in [2.05, 4.69) is 4.99 Å². The summed E-state index contributed by atoms with van der Waals surface area (Å²) < 4.78 is 10.4. The molecule has 0 N–H and O–H groups in total. The number of esters is 1. The summed E-state index contributed by atoms with van der Waals surface area (Å²) in [6.45, 7) is 5.96. The highest BCUT2D eigenvalue weighted by Crippen LogP contribution is 2.16. The molecular weight excluding hydrogens is 254 g/mol. The molecule has 1 aromatic carbocycles. The standard InChI is InChI=1S/C16H17NO3/c1-4-19-16(18)13-5-7-15(8-6-13)17-10-14-9-11(2)20-12(14)3/h5-10H,4H2,1-3H3. The molecule has 0 saturated carbocycles. The normalized spacial score (nSPS) is 10.9. The molecule has 4 heteroatoms. The van der Waals surface area contributed by atoms with E-state index in [0.717, 1.165) is 22.8 Å². The molecule has 0 saturated heterocycles. The van der Waals surface area contributed by atoms with Crippen LogP contribution in [0.2, 0.25) is 0 Å². The van der Waals surface area contributed by atoms with E-state index < -0.39 is 0 Å². The van der Waals surface area contributed by atoms with Gasteiger partial charge in [-0.25, -0.2) is 4.79 Å². The van der Waals surface area contributed by atoms with Crippen molar-refractivity contribution in [3.8, 4) is 0 Å². The van der Waals surface area contributed by atoms with E-state index in [1.807, 2.05) is 19.9 Å². The molecular formula is C16H17NO3. The number of aliphatic imine (C=N–C) groups is 1. The van der Waals surface area contributed by atoms with Crippen molar-refractivity contribution < 1.29 is 13.9 Å². The maximum Gasteiger partial charge on any atom is 0.338 e. The molecule has 0 aliphatic heterocycles. The van der Waals surface area contributed by atoms with Crippen molar-refractivity contribution in [3.63, 3.8) is 0 Å². The minimum absolute atomic E-state index is 0.315. The van der Waals surface area contributed by atoms with Crippen LogP contribution in [0.15, 0.2) is 39.7 Å². The summed E-state index contributed by atoms with van der Waals surface area (Å²) in [6, 6.07) is 8.91. The second-order valence-electron chi connectivity index (χ2n) is 4.39. The highest BCUT2D eigenvalue weighted by Gasteiger charge is 2.05. The van der Waals surface area contributed by atoms with Gasteiger partial charge in [0.2, 0.25) is 0 Å². The Hall–Kier alpha value is -2.36. The van der Waals surface area contributed by atoms with Crippen LogP contribution in [-0.4, -0.2) is 18.8 Å². The summed E-state index contributed by atoms with van der Waals surface area (Å²) >= 11 is 0. The topological polar surface area (TPSA) is 51.8 Å². The summed E-state index contributed by atoms with van der Waals surface area (Å²) in [4.78, 5) is 15.9. The van der Waals surface area contributed by atoms with E-state index in [1.165, 1.54) is 0 Å². The Kier molecular flexibility index (Phi) is 4.35. The van der Waals surface area contributed by atoms with Gasteiger partial charge in [-0.05, 0) is 51.1 Å². The third-order valence-electron chi connectivity index (χ3n) is 2.81. The van der Waals surface area contributed by atoms with Crippen LogP contribution in [-0.2, 0) is 4.74 Å². The SMILES string of the molecule is CCOC(=O)c1ccc(N=Cc2cc(C)oc2C)cc1. The van der Waals surface area contributed by atoms with Gasteiger partial charge in [-0.15, -0.1) is 0 Å².